The molecular weight excluding hydrogens is 200 g/mol. The van der Waals surface area contributed by atoms with Crippen molar-refractivity contribution < 1.29 is 0 Å². The van der Waals surface area contributed by atoms with Crippen LogP contribution in [0.5, 0.6) is 0 Å². The third kappa shape index (κ3) is 1.68. The van der Waals surface area contributed by atoms with Crippen molar-refractivity contribution in [1.29, 1.82) is 0 Å². The molecule has 1 aromatic carbocycles. The van der Waals surface area contributed by atoms with Crippen LogP contribution in [0.2, 0.25) is 0 Å². The van der Waals surface area contributed by atoms with E-state index in [1.165, 1.54) is 10.5 Å². The molecule has 2 aliphatic rings. The molecule has 1 heteroatoms. The fourth-order valence-corrected chi connectivity index (χ4v) is 3.30. The fraction of sp³-hybridized carbons (Fsp3) is 0.143. The molecule has 0 radical (unpaired) electrons. The van der Waals surface area contributed by atoms with Crippen molar-refractivity contribution in [2.45, 2.75) is 5.25 Å². The highest BCUT2D eigenvalue weighted by atomic mass is 32.2. The molecule has 1 aliphatic carbocycles. The highest BCUT2D eigenvalue weighted by molar-refractivity contribution is 8.09. The minimum Gasteiger partial charge on any atom is -0.117 e. The first kappa shape index (κ1) is 9.05. The molecule has 1 aliphatic heterocycles. The largest absolute Gasteiger partial charge is 0.117 e. The molecule has 0 amide bonds. The third-order valence-corrected chi connectivity index (χ3v) is 4.16. The molecule has 0 saturated carbocycles. The molecule has 15 heavy (non-hydrogen) atoms. The number of benzene rings is 1. The lowest BCUT2D eigenvalue weighted by Crippen LogP contribution is -2.07. The first-order chi connectivity index (χ1) is 7.43. The molecule has 74 valence electrons. The summed E-state index contributed by atoms with van der Waals surface area (Å²) in [6.45, 7) is 0. The van der Waals surface area contributed by atoms with Gasteiger partial charge in [-0.05, 0) is 5.56 Å². The Morgan fingerprint density at radius 3 is 2.53 bits per heavy atom. The van der Waals surface area contributed by atoms with E-state index in [4.69, 9.17) is 0 Å². The molecule has 2 unspecified atom stereocenters. The first-order valence-corrected chi connectivity index (χ1v) is 6.10. The normalized spacial score (nSPS) is 27.6. The molecule has 0 nitrogen and oxygen atoms in total. The third-order valence-electron chi connectivity index (χ3n) is 2.79. The minimum atomic E-state index is 0.593. The van der Waals surface area contributed by atoms with Gasteiger partial charge in [-0.1, -0.05) is 60.7 Å². The maximum Gasteiger partial charge on any atom is 0.0375 e. The summed E-state index contributed by atoms with van der Waals surface area (Å²) >= 11 is 1.97. The quantitative estimate of drug-likeness (QED) is 0.680. The molecule has 1 aromatic rings. The fourth-order valence-electron chi connectivity index (χ4n) is 2.00. The van der Waals surface area contributed by atoms with Gasteiger partial charge in [-0.3, -0.25) is 0 Å². The zero-order valence-corrected chi connectivity index (χ0v) is 9.15. The zero-order valence-electron chi connectivity index (χ0n) is 8.34. The van der Waals surface area contributed by atoms with Crippen LogP contribution < -0.4 is 0 Å². The van der Waals surface area contributed by atoms with E-state index in [2.05, 4.69) is 60.7 Å². The van der Waals surface area contributed by atoms with Gasteiger partial charge >= 0.3 is 0 Å². The Morgan fingerprint density at radius 1 is 0.933 bits per heavy atom. The van der Waals surface area contributed by atoms with E-state index in [1.54, 1.807) is 0 Å². The van der Waals surface area contributed by atoms with E-state index < -0.39 is 0 Å². The molecule has 0 spiro atoms. The van der Waals surface area contributed by atoms with Crippen LogP contribution >= 0.6 is 11.8 Å². The molecule has 0 bridgehead atoms. The summed E-state index contributed by atoms with van der Waals surface area (Å²) in [5.74, 6) is 0.593. The van der Waals surface area contributed by atoms with Crippen molar-refractivity contribution in [3.63, 3.8) is 0 Å². The Morgan fingerprint density at radius 2 is 1.73 bits per heavy atom. The molecule has 0 N–H and O–H groups in total. The van der Waals surface area contributed by atoms with Crippen molar-refractivity contribution in [3.05, 3.63) is 66.3 Å². The predicted molar refractivity (Wildman–Crippen MR) is 67.6 cm³/mol. The van der Waals surface area contributed by atoms with Crippen LogP contribution in [0.3, 0.4) is 0 Å². The number of rotatable bonds is 1. The second-order valence-electron chi connectivity index (χ2n) is 3.83. The summed E-state index contributed by atoms with van der Waals surface area (Å²) < 4.78 is 0. The van der Waals surface area contributed by atoms with Crippen LogP contribution in [0.4, 0.5) is 0 Å². The van der Waals surface area contributed by atoms with E-state index in [9.17, 15) is 0 Å². The topological polar surface area (TPSA) is 0 Å². The lowest BCUT2D eigenvalue weighted by atomic mass is 9.99. The summed E-state index contributed by atoms with van der Waals surface area (Å²) in [6, 6.07) is 10.6. The van der Waals surface area contributed by atoms with Gasteiger partial charge in [0, 0.05) is 16.1 Å². The van der Waals surface area contributed by atoms with Crippen molar-refractivity contribution in [1.82, 2.24) is 0 Å². The standard InChI is InChI=1S/C14H12S/c1-2-6-11(7-3-1)14-10-12-8-4-5-9-13(12)15-14/h1-10,12-13H. The van der Waals surface area contributed by atoms with Gasteiger partial charge in [-0.15, -0.1) is 11.8 Å². The van der Waals surface area contributed by atoms with Crippen LogP contribution in [-0.4, -0.2) is 5.25 Å². The minimum absolute atomic E-state index is 0.593. The van der Waals surface area contributed by atoms with Gasteiger partial charge < -0.3 is 0 Å². The van der Waals surface area contributed by atoms with Gasteiger partial charge in [-0.2, -0.15) is 0 Å². The van der Waals surface area contributed by atoms with E-state index in [0.717, 1.165) is 0 Å². The average Bonchev–Trinajstić information content (AvgIpc) is 2.74. The van der Waals surface area contributed by atoms with Crippen molar-refractivity contribution in [2.75, 3.05) is 0 Å². The van der Waals surface area contributed by atoms with Gasteiger partial charge in [0.25, 0.3) is 0 Å². The van der Waals surface area contributed by atoms with Gasteiger partial charge in [0.05, 0.1) is 0 Å². The second-order valence-corrected chi connectivity index (χ2v) is 5.05. The Labute approximate surface area is 94.4 Å². The molecule has 2 atom stereocenters. The second kappa shape index (κ2) is 3.74. The Bertz CT molecular complexity index is 440. The molecule has 1 heterocycles. The van der Waals surface area contributed by atoms with Gasteiger partial charge in [-0.25, -0.2) is 0 Å². The zero-order chi connectivity index (χ0) is 10.1. The lowest BCUT2D eigenvalue weighted by Gasteiger charge is -2.12. The number of thioether (sulfide) groups is 1. The number of hydrogen-bond donors (Lipinski definition) is 0. The van der Waals surface area contributed by atoms with Gasteiger partial charge in [0.1, 0.15) is 0 Å². The molecule has 0 aromatic heterocycles. The summed E-state index contributed by atoms with van der Waals surface area (Å²) in [6.07, 6.45) is 11.3. The highest BCUT2D eigenvalue weighted by Gasteiger charge is 2.25. The van der Waals surface area contributed by atoms with Crippen molar-refractivity contribution in [2.24, 2.45) is 5.92 Å². The molecule has 0 saturated heterocycles. The van der Waals surface area contributed by atoms with Crippen LogP contribution in [0.1, 0.15) is 5.56 Å². The predicted octanol–water partition coefficient (Wildman–Crippen LogP) is 3.89. The first-order valence-electron chi connectivity index (χ1n) is 5.22. The van der Waals surface area contributed by atoms with E-state index in [0.29, 0.717) is 11.2 Å². The Balaban J connectivity index is 1.91. The van der Waals surface area contributed by atoms with E-state index in [1.807, 2.05) is 11.8 Å². The number of hydrogen-bond acceptors (Lipinski definition) is 1. The summed E-state index contributed by atoms with van der Waals surface area (Å²) in [4.78, 5) is 1.42. The van der Waals surface area contributed by atoms with Gasteiger partial charge in [0.2, 0.25) is 0 Å². The summed E-state index contributed by atoms with van der Waals surface area (Å²) in [7, 11) is 0. The van der Waals surface area contributed by atoms with E-state index >= 15 is 0 Å². The highest BCUT2D eigenvalue weighted by Crippen LogP contribution is 2.44. The van der Waals surface area contributed by atoms with Crippen LogP contribution in [0, 0.1) is 5.92 Å². The average molecular weight is 212 g/mol. The van der Waals surface area contributed by atoms with E-state index in [-0.39, 0.29) is 0 Å². The summed E-state index contributed by atoms with van der Waals surface area (Å²) in [5, 5.41) is 0.616. The SMILES string of the molecule is C1=CC2C=C(c3ccccc3)SC2C=C1. The van der Waals surface area contributed by atoms with Crippen LogP contribution in [0.15, 0.2) is 60.7 Å². The van der Waals surface area contributed by atoms with Crippen LogP contribution in [0.25, 0.3) is 4.91 Å². The maximum atomic E-state index is 2.38. The number of fused-ring (bicyclic) bond motifs is 1. The molecular formula is C14H12S. The maximum absolute atomic E-state index is 2.38. The summed E-state index contributed by atoms with van der Waals surface area (Å²) in [5.41, 5.74) is 1.35. The van der Waals surface area contributed by atoms with Crippen molar-refractivity contribution in [3.8, 4) is 0 Å². The van der Waals surface area contributed by atoms with Crippen molar-refractivity contribution >= 4 is 16.7 Å². The number of allylic oxidation sites excluding steroid dienone is 4. The van der Waals surface area contributed by atoms with Gasteiger partial charge in [0.15, 0.2) is 0 Å². The monoisotopic (exact) mass is 212 g/mol. The molecule has 3 rings (SSSR count). The lowest BCUT2D eigenvalue weighted by molar-refractivity contribution is 0.857. The Kier molecular flexibility index (Phi) is 2.26. The Hall–Kier alpha value is -1.21. The smallest absolute Gasteiger partial charge is 0.0375 e. The molecule has 0 fully saturated rings. The van der Waals surface area contributed by atoms with Crippen LogP contribution in [-0.2, 0) is 0 Å².